The lowest BCUT2D eigenvalue weighted by molar-refractivity contribution is 0.0726. The van der Waals surface area contributed by atoms with Crippen LogP contribution in [0, 0.1) is 5.92 Å². The van der Waals surface area contributed by atoms with Gasteiger partial charge in [-0.25, -0.2) is 9.48 Å². The maximum Gasteiger partial charge on any atom is 0.364 e. The maximum atomic E-state index is 13.1. The number of hydrogen-bond acceptors (Lipinski definition) is 5. The molecular formula is C27H25N3O4. The van der Waals surface area contributed by atoms with E-state index in [0.717, 1.165) is 5.56 Å². The van der Waals surface area contributed by atoms with Gasteiger partial charge in [0.05, 0.1) is 5.39 Å². The summed E-state index contributed by atoms with van der Waals surface area (Å²) in [4.78, 5) is 38.4. The fraction of sp³-hybridized carbons (Fsp3) is 0.185. The van der Waals surface area contributed by atoms with Crippen LogP contribution >= 0.6 is 0 Å². The minimum Gasteiger partial charge on any atom is -0.422 e. The molecule has 0 saturated heterocycles. The fourth-order valence-corrected chi connectivity index (χ4v) is 3.59. The van der Waals surface area contributed by atoms with Crippen LogP contribution in [-0.4, -0.2) is 21.7 Å². The Balaban J connectivity index is 1.57. The van der Waals surface area contributed by atoms with Crippen LogP contribution in [0.5, 0.6) is 5.75 Å². The van der Waals surface area contributed by atoms with E-state index < -0.39 is 5.97 Å². The van der Waals surface area contributed by atoms with Gasteiger partial charge in [0.15, 0.2) is 5.69 Å². The molecule has 34 heavy (non-hydrogen) atoms. The topological polar surface area (TPSA) is 90.3 Å². The van der Waals surface area contributed by atoms with Crippen molar-refractivity contribution < 1.29 is 14.3 Å². The van der Waals surface area contributed by atoms with Crippen molar-refractivity contribution in [2.75, 3.05) is 0 Å². The second-order valence-electron chi connectivity index (χ2n) is 8.36. The zero-order valence-corrected chi connectivity index (χ0v) is 19.0. The minimum atomic E-state index is -0.699. The van der Waals surface area contributed by atoms with Crippen LogP contribution in [0.25, 0.3) is 10.8 Å². The number of hydrogen-bond donors (Lipinski definition) is 1. The van der Waals surface area contributed by atoms with E-state index in [9.17, 15) is 14.4 Å². The van der Waals surface area contributed by atoms with Crippen LogP contribution in [0.2, 0.25) is 0 Å². The van der Waals surface area contributed by atoms with E-state index in [2.05, 4.69) is 10.4 Å². The average Bonchev–Trinajstić information content (AvgIpc) is 2.85. The first-order valence-electron chi connectivity index (χ1n) is 11.1. The molecule has 0 unspecified atom stereocenters. The Labute approximate surface area is 197 Å². The highest BCUT2D eigenvalue weighted by atomic mass is 16.5. The molecule has 0 atom stereocenters. The summed E-state index contributed by atoms with van der Waals surface area (Å²) in [5.74, 6) is -0.600. The molecule has 1 aromatic heterocycles. The van der Waals surface area contributed by atoms with E-state index in [0.29, 0.717) is 29.4 Å². The minimum absolute atomic E-state index is 0.0507. The quantitative estimate of drug-likeness (QED) is 0.333. The van der Waals surface area contributed by atoms with E-state index in [4.69, 9.17) is 4.74 Å². The summed E-state index contributed by atoms with van der Waals surface area (Å²) in [7, 11) is 0. The van der Waals surface area contributed by atoms with Gasteiger partial charge in [0, 0.05) is 24.0 Å². The van der Waals surface area contributed by atoms with Crippen molar-refractivity contribution >= 4 is 22.6 Å². The second kappa shape index (κ2) is 10.1. The summed E-state index contributed by atoms with van der Waals surface area (Å²) >= 11 is 0. The van der Waals surface area contributed by atoms with Crippen LogP contribution in [-0.2, 0) is 13.1 Å². The first-order chi connectivity index (χ1) is 16.4. The van der Waals surface area contributed by atoms with Crippen molar-refractivity contribution in [2.24, 2.45) is 5.92 Å². The second-order valence-corrected chi connectivity index (χ2v) is 8.36. The molecule has 0 spiro atoms. The Kier molecular flexibility index (Phi) is 6.82. The molecule has 1 heterocycles. The van der Waals surface area contributed by atoms with Crippen molar-refractivity contribution in [3.05, 3.63) is 106 Å². The van der Waals surface area contributed by atoms with Crippen molar-refractivity contribution in [1.29, 1.82) is 0 Å². The number of ether oxygens (including phenoxy) is 1. The molecule has 172 valence electrons. The third kappa shape index (κ3) is 5.20. The number of esters is 1. The Morgan fingerprint density at radius 3 is 2.38 bits per heavy atom. The summed E-state index contributed by atoms with van der Waals surface area (Å²) in [5.41, 5.74) is 1.14. The van der Waals surface area contributed by atoms with Gasteiger partial charge in [-0.3, -0.25) is 9.59 Å². The standard InChI is InChI=1S/C27H25N3O4/c1-18(2)17-30-26(32)23-14-7-6-13-22(23)24(29-30)27(33)34-21-12-8-11-20(15-21)25(31)28-16-19-9-4-3-5-10-19/h3-15,18H,16-17H2,1-2H3,(H,28,31). The number of carbonyl (C=O) groups is 2. The molecule has 0 bridgehead atoms. The molecule has 1 amide bonds. The normalized spacial score (nSPS) is 10.9. The number of amides is 1. The van der Waals surface area contributed by atoms with E-state index in [1.165, 1.54) is 10.7 Å². The third-order valence-corrected chi connectivity index (χ3v) is 5.20. The van der Waals surface area contributed by atoms with E-state index in [-0.39, 0.29) is 28.8 Å². The molecular weight excluding hydrogens is 430 g/mol. The van der Waals surface area contributed by atoms with Gasteiger partial charge >= 0.3 is 5.97 Å². The number of aromatic nitrogens is 2. The van der Waals surface area contributed by atoms with E-state index >= 15 is 0 Å². The van der Waals surface area contributed by atoms with Gasteiger partial charge in [0.2, 0.25) is 0 Å². The number of carbonyl (C=O) groups excluding carboxylic acids is 2. The molecule has 4 aromatic rings. The first kappa shape index (κ1) is 22.9. The summed E-state index contributed by atoms with van der Waals surface area (Å²) in [5, 5.41) is 7.99. The molecule has 3 aromatic carbocycles. The third-order valence-electron chi connectivity index (χ3n) is 5.20. The first-order valence-corrected chi connectivity index (χ1v) is 11.1. The van der Waals surface area contributed by atoms with Gasteiger partial charge in [-0.1, -0.05) is 68.4 Å². The number of fused-ring (bicyclic) bond motifs is 1. The van der Waals surface area contributed by atoms with Crippen LogP contribution in [0.3, 0.4) is 0 Å². The van der Waals surface area contributed by atoms with Gasteiger partial charge in [-0.15, -0.1) is 0 Å². The lowest BCUT2D eigenvalue weighted by Crippen LogP contribution is -2.28. The Morgan fingerprint density at radius 1 is 0.941 bits per heavy atom. The van der Waals surface area contributed by atoms with Crippen molar-refractivity contribution in [3.8, 4) is 5.75 Å². The fourth-order valence-electron chi connectivity index (χ4n) is 3.59. The molecule has 7 heteroatoms. The summed E-state index contributed by atoms with van der Waals surface area (Å²) < 4.78 is 6.87. The summed E-state index contributed by atoms with van der Waals surface area (Å²) in [6, 6.07) is 22.8. The Bertz CT molecular complexity index is 1390. The molecule has 0 aliphatic carbocycles. The van der Waals surface area contributed by atoms with Crippen molar-refractivity contribution in [2.45, 2.75) is 26.9 Å². The number of nitrogens with one attached hydrogen (secondary N) is 1. The monoisotopic (exact) mass is 455 g/mol. The predicted molar refractivity (Wildman–Crippen MR) is 130 cm³/mol. The Hall–Kier alpha value is -4.26. The summed E-state index contributed by atoms with van der Waals surface area (Å²) in [6.45, 7) is 4.70. The predicted octanol–water partition coefficient (Wildman–Crippen LogP) is 4.20. The molecule has 1 N–H and O–H groups in total. The van der Waals surface area contributed by atoms with Gasteiger partial charge in [-0.2, -0.15) is 5.10 Å². The number of benzene rings is 3. The van der Waals surface area contributed by atoms with Crippen molar-refractivity contribution in [1.82, 2.24) is 15.1 Å². The molecule has 0 aliphatic rings. The van der Waals surface area contributed by atoms with Gasteiger partial charge in [0.1, 0.15) is 5.75 Å². The highest BCUT2D eigenvalue weighted by Crippen LogP contribution is 2.19. The largest absolute Gasteiger partial charge is 0.422 e. The smallest absolute Gasteiger partial charge is 0.364 e. The molecule has 0 aliphatic heterocycles. The van der Waals surface area contributed by atoms with Crippen molar-refractivity contribution in [3.63, 3.8) is 0 Å². The van der Waals surface area contributed by atoms with E-state index in [1.807, 2.05) is 44.2 Å². The molecule has 7 nitrogen and oxygen atoms in total. The highest BCUT2D eigenvalue weighted by molar-refractivity contribution is 6.03. The SMILES string of the molecule is CC(C)Cn1nc(C(=O)Oc2cccc(C(=O)NCc3ccccc3)c2)c2ccccc2c1=O. The lowest BCUT2D eigenvalue weighted by atomic mass is 10.1. The molecule has 4 rings (SSSR count). The van der Waals surface area contributed by atoms with Crippen LogP contribution in [0.4, 0.5) is 0 Å². The summed E-state index contributed by atoms with van der Waals surface area (Å²) in [6.07, 6.45) is 0. The maximum absolute atomic E-state index is 13.1. The lowest BCUT2D eigenvalue weighted by Gasteiger charge is -2.12. The number of nitrogens with zero attached hydrogens (tertiary/aromatic N) is 2. The zero-order chi connectivity index (χ0) is 24.1. The number of rotatable bonds is 7. The molecule has 0 saturated carbocycles. The van der Waals surface area contributed by atoms with Crippen LogP contribution < -0.4 is 15.6 Å². The van der Waals surface area contributed by atoms with Gasteiger partial charge in [-0.05, 0) is 35.7 Å². The Morgan fingerprint density at radius 2 is 1.65 bits per heavy atom. The van der Waals surface area contributed by atoms with Gasteiger partial charge < -0.3 is 10.1 Å². The highest BCUT2D eigenvalue weighted by Gasteiger charge is 2.19. The zero-order valence-electron chi connectivity index (χ0n) is 19.0. The molecule has 0 radical (unpaired) electrons. The van der Waals surface area contributed by atoms with E-state index in [1.54, 1.807) is 42.5 Å². The van der Waals surface area contributed by atoms with Crippen LogP contribution in [0.1, 0.15) is 40.3 Å². The van der Waals surface area contributed by atoms with Crippen LogP contribution in [0.15, 0.2) is 83.7 Å². The van der Waals surface area contributed by atoms with Gasteiger partial charge in [0.25, 0.3) is 11.5 Å². The average molecular weight is 456 g/mol. The molecule has 0 fully saturated rings.